The number of amides is 2. The van der Waals surface area contributed by atoms with Gasteiger partial charge in [-0.25, -0.2) is 13.2 Å². The molecule has 0 saturated carbocycles. The molecule has 0 aliphatic carbocycles. The number of carbonyl (C=O) groups excluding carboxylic acids is 2. The smallest absolute Gasteiger partial charge is 0.335 e. The number of sulfonamides is 1. The molecule has 2 amide bonds. The van der Waals surface area contributed by atoms with E-state index in [1.807, 2.05) is 42.5 Å². The highest BCUT2D eigenvalue weighted by atomic mass is 32.2. The molecule has 9 nitrogen and oxygen atoms in total. The van der Waals surface area contributed by atoms with E-state index < -0.39 is 33.8 Å². The Hall–Kier alpha value is -3.41. The summed E-state index contributed by atoms with van der Waals surface area (Å²) in [6.45, 7) is -0.150. The molecule has 3 aromatic carbocycles. The minimum atomic E-state index is -3.79. The molecular formula is C28H31N3O6S2. The van der Waals surface area contributed by atoms with Gasteiger partial charge in [0.05, 0.1) is 17.9 Å². The standard InChI is InChI=1S/C28H31N3O6S2/c1-29(18-26(32)30(2)22-12-10-21(11-13-22)28(34)35)27(33)25-16-23(38)17-31(25)39(36,37)15-14-20-8-5-7-19-6-3-4-9-24(19)20/h3-13,23,25,38H,14-18H2,1-2H3,(H,34,35). The molecule has 1 fully saturated rings. The summed E-state index contributed by atoms with van der Waals surface area (Å²) in [7, 11) is -0.799. The number of carboxylic acids is 1. The van der Waals surface area contributed by atoms with Crippen molar-refractivity contribution in [3.05, 3.63) is 77.9 Å². The van der Waals surface area contributed by atoms with Crippen LogP contribution in [0, 0.1) is 0 Å². The van der Waals surface area contributed by atoms with Gasteiger partial charge in [0, 0.05) is 31.6 Å². The predicted molar refractivity (Wildman–Crippen MR) is 154 cm³/mol. The normalized spacial score (nSPS) is 17.7. The lowest BCUT2D eigenvalue weighted by atomic mass is 10.0. The van der Waals surface area contributed by atoms with Crippen molar-refractivity contribution in [3.8, 4) is 0 Å². The number of hydrogen-bond acceptors (Lipinski definition) is 6. The molecular weight excluding hydrogens is 538 g/mol. The van der Waals surface area contributed by atoms with Gasteiger partial charge in [-0.1, -0.05) is 42.5 Å². The Kier molecular flexibility index (Phi) is 8.63. The number of benzene rings is 3. The average molecular weight is 570 g/mol. The second-order valence-corrected chi connectivity index (χ2v) is 12.4. The number of hydrogen-bond donors (Lipinski definition) is 2. The number of aromatic carboxylic acids is 1. The topological polar surface area (TPSA) is 115 Å². The van der Waals surface area contributed by atoms with Crippen molar-refractivity contribution in [2.75, 3.05) is 37.8 Å². The van der Waals surface area contributed by atoms with E-state index in [1.54, 1.807) is 0 Å². The largest absolute Gasteiger partial charge is 0.478 e. The van der Waals surface area contributed by atoms with Crippen molar-refractivity contribution < 1.29 is 27.9 Å². The van der Waals surface area contributed by atoms with E-state index in [2.05, 4.69) is 12.6 Å². The molecule has 39 heavy (non-hydrogen) atoms. The number of likely N-dealkylation sites (N-methyl/N-ethyl adjacent to an activating group) is 2. The summed E-state index contributed by atoms with van der Waals surface area (Å²) < 4.78 is 28.1. The summed E-state index contributed by atoms with van der Waals surface area (Å²) in [6.07, 6.45) is 0.554. The van der Waals surface area contributed by atoms with E-state index >= 15 is 0 Å². The Morgan fingerprint density at radius 2 is 1.67 bits per heavy atom. The monoisotopic (exact) mass is 569 g/mol. The molecule has 0 spiro atoms. The van der Waals surface area contributed by atoms with Gasteiger partial charge in [0.15, 0.2) is 0 Å². The maximum Gasteiger partial charge on any atom is 0.335 e. The van der Waals surface area contributed by atoms with Crippen molar-refractivity contribution in [2.45, 2.75) is 24.1 Å². The Labute approximate surface area is 233 Å². The number of carboxylic acid groups (broad SMARTS) is 1. The van der Waals surface area contributed by atoms with Crippen LogP contribution in [0.5, 0.6) is 0 Å². The van der Waals surface area contributed by atoms with Gasteiger partial charge >= 0.3 is 5.97 Å². The highest BCUT2D eigenvalue weighted by molar-refractivity contribution is 7.89. The van der Waals surface area contributed by atoms with E-state index in [0.29, 0.717) is 12.1 Å². The second-order valence-electron chi connectivity index (χ2n) is 9.68. The van der Waals surface area contributed by atoms with Crippen molar-refractivity contribution in [2.24, 2.45) is 0 Å². The molecule has 0 bridgehead atoms. The summed E-state index contributed by atoms with van der Waals surface area (Å²) in [5.74, 6) is -2.09. The van der Waals surface area contributed by atoms with Crippen LogP contribution in [-0.2, 0) is 26.0 Å². The van der Waals surface area contributed by atoms with Gasteiger partial charge in [0.25, 0.3) is 0 Å². The van der Waals surface area contributed by atoms with Crippen LogP contribution < -0.4 is 4.90 Å². The SMILES string of the molecule is CN(CC(=O)N(C)c1ccc(C(=O)O)cc1)C(=O)C1CC(S)CN1S(=O)(=O)CCc1cccc2ccccc12. The Morgan fingerprint density at radius 1 is 1.00 bits per heavy atom. The molecule has 4 rings (SSSR count). The Bertz CT molecular complexity index is 1490. The summed E-state index contributed by atoms with van der Waals surface area (Å²) >= 11 is 4.47. The van der Waals surface area contributed by atoms with E-state index in [-0.39, 0.29) is 36.1 Å². The van der Waals surface area contributed by atoms with Crippen molar-refractivity contribution >= 4 is 56.9 Å². The van der Waals surface area contributed by atoms with Gasteiger partial charge in [-0.3, -0.25) is 9.59 Å². The number of aryl methyl sites for hydroxylation is 1. The molecule has 0 aromatic heterocycles. The van der Waals surface area contributed by atoms with Crippen molar-refractivity contribution in [1.82, 2.24) is 9.21 Å². The maximum atomic E-state index is 13.4. The van der Waals surface area contributed by atoms with Gasteiger partial charge in [-0.2, -0.15) is 16.9 Å². The fourth-order valence-electron chi connectivity index (χ4n) is 4.80. The van der Waals surface area contributed by atoms with Crippen molar-refractivity contribution in [3.63, 3.8) is 0 Å². The van der Waals surface area contributed by atoms with Crippen LogP contribution in [0.25, 0.3) is 10.8 Å². The maximum absolute atomic E-state index is 13.4. The van der Waals surface area contributed by atoms with Crippen LogP contribution in [0.15, 0.2) is 66.7 Å². The number of anilines is 1. The highest BCUT2D eigenvalue weighted by Gasteiger charge is 2.43. The van der Waals surface area contributed by atoms with Gasteiger partial charge in [0.2, 0.25) is 21.8 Å². The van der Waals surface area contributed by atoms with Gasteiger partial charge in [-0.05, 0) is 53.4 Å². The molecule has 11 heteroatoms. The Balaban J connectivity index is 1.43. The zero-order chi connectivity index (χ0) is 28.3. The van der Waals surface area contributed by atoms with E-state index in [0.717, 1.165) is 16.3 Å². The van der Waals surface area contributed by atoms with Gasteiger partial charge in [0.1, 0.15) is 6.04 Å². The lowest BCUT2D eigenvalue weighted by molar-refractivity contribution is -0.136. The molecule has 2 unspecified atom stereocenters. The van der Waals surface area contributed by atoms with E-state index in [1.165, 1.54) is 52.5 Å². The molecule has 3 aromatic rings. The van der Waals surface area contributed by atoms with Gasteiger partial charge < -0.3 is 14.9 Å². The molecule has 1 heterocycles. The minimum Gasteiger partial charge on any atom is -0.478 e. The van der Waals surface area contributed by atoms with Crippen molar-refractivity contribution in [1.29, 1.82) is 0 Å². The Morgan fingerprint density at radius 3 is 2.36 bits per heavy atom. The molecule has 0 radical (unpaired) electrons. The first-order valence-electron chi connectivity index (χ1n) is 12.5. The van der Waals surface area contributed by atoms with Crippen LogP contribution in [0.2, 0.25) is 0 Å². The zero-order valence-electron chi connectivity index (χ0n) is 21.7. The predicted octanol–water partition coefficient (Wildman–Crippen LogP) is 2.90. The van der Waals surface area contributed by atoms with Crippen LogP contribution in [-0.4, -0.2) is 84.7 Å². The molecule has 2 atom stereocenters. The molecule has 1 N–H and O–H groups in total. The molecule has 1 aliphatic heterocycles. The average Bonchev–Trinajstić information content (AvgIpc) is 3.33. The number of carbonyl (C=O) groups is 3. The lowest BCUT2D eigenvalue weighted by Gasteiger charge is -2.28. The van der Waals surface area contributed by atoms with Crippen LogP contribution in [0.4, 0.5) is 5.69 Å². The first-order valence-corrected chi connectivity index (χ1v) is 14.6. The van der Waals surface area contributed by atoms with E-state index in [9.17, 15) is 22.8 Å². The second kappa shape index (κ2) is 11.8. The number of thiol groups is 1. The summed E-state index contributed by atoms with van der Waals surface area (Å²) in [4.78, 5) is 39.9. The number of rotatable bonds is 9. The fourth-order valence-corrected chi connectivity index (χ4v) is 6.97. The highest BCUT2D eigenvalue weighted by Crippen LogP contribution is 2.28. The van der Waals surface area contributed by atoms with Crippen LogP contribution in [0.3, 0.4) is 0 Å². The summed E-state index contributed by atoms with van der Waals surface area (Å²) in [5.41, 5.74) is 1.49. The fraction of sp³-hybridized carbons (Fsp3) is 0.321. The lowest BCUT2D eigenvalue weighted by Crippen LogP contribution is -2.49. The summed E-state index contributed by atoms with van der Waals surface area (Å²) in [5, 5.41) is 10.8. The third kappa shape index (κ3) is 6.43. The summed E-state index contributed by atoms with van der Waals surface area (Å²) in [6, 6.07) is 18.5. The van der Waals surface area contributed by atoms with E-state index in [4.69, 9.17) is 5.11 Å². The third-order valence-corrected chi connectivity index (χ3v) is 9.22. The quantitative estimate of drug-likeness (QED) is 0.383. The first-order chi connectivity index (χ1) is 18.5. The number of nitrogens with zero attached hydrogens (tertiary/aromatic N) is 3. The molecule has 1 saturated heterocycles. The number of fused-ring (bicyclic) bond motifs is 1. The van der Waals surface area contributed by atoms with Gasteiger partial charge in [-0.15, -0.1) is 0 Å². The minimum absolute atomic E-state index is 0.0937. The molecule has 206 valence electrons. The molecule has 1 aliphatic rings. The van der Waals surface area contributed by atoms with Crippen LogP contribution in [0.1, 0.15) is 22.3 Å². The first kappa shape index (κ1) is 28.6. The third-order valence-electron chi connectivity index (χ3n) is 7.01. The van der Waals surface area contributed by atoms with Crippen LogP contribution >= 0.6 is 12.6 Å². The zero-order valence-corrected chi connectivity index (χ0v) is 23.4.